The molecule has 0 atom stereocenters. The Balaban J connectivity index is 1.86. The maximum absolute atomic E-state index is 12.0. The number of ether oxygens (including phenoxy) is 1. The summed E-state index contributed by atoms with van der Waals surface area (Å²) >= 11 is 0. The first-order chi connectivity index (χ1) is 10.1. The molecule has 0 bridgehead atoms. The van der Waals surface area contributed by atoms with Gasteiger partial charge in [0.05, 0.1) is 24.6 Å². The predicted octanol–water partition coefficient (Wildman–Crippen LogP) is 0.0285. The van der Waals surface area contributed by atoms with E-state index in [-0.39, 0.29) is 5.91 Å². The van der Waals surface area contributed by atoms with Gasteiger partial charge in [0.1, 0.15) is 0 Å². The first-order valence-corrected chi connectivity index (χ1v) is 6.86. The largest absolute Gasteiger partial charge is 0.397 e. The zero-order valence-corrected chi connectivity index (χ0v) is 11.8. The third-order valence-corrected chi connectivity index (χ3v) is 3.36. The SMILES string of the molecule is NC(=O)c1ccc(N)c(NCCC(=O)N2CCOCC2)c1. The summed E-state index contributed by atoms with van der Waals surface area (Å²) in [7, 11) is 0. The molecule has 5 N–H and O–H groups in total. The molecule has 0 aliphatic carbocycles. The average molecular weight is 292 g/mol. The van der Waals surface area contributed by atoms with Gasteiger partial charge in [-0.1, -0.05) is 0 Å². The van der Waals surface area contributed by atoms with Crippen LogP contribution in [0.1, 0.15) is 16.8 Å². The molecule has 0 unspecified atom stereocenters. The Kier molecular flexibility index (Phi) is 4.99. The number of hydrogen-bond donors (Lipinski definition) is 3. The molecule has 114 valence electrons. The number of hydrogen-bond acceptors (Lipinski definition) is 5. The first kappa shape index (κ1) is 15.1. The van der Waals surface area contributed by atoms with Gasteiger partial charge in [-0.3, -0.25) is 9.59 Å². The normalized spacial score (nSPS) is 14.8. The van der Waals surface area contributed by atoms with Gasteiger partial charge in [-0.2, -0.15) is 0 Å². The van der Waals surface area contributed by atoms with Crippen LogP contribution in [0.3, 0.4) is 0 Å². The molecule has 0 radical (unpaired) electrons. The third-order valence-electron chi connectivity index (χ3n) is 3.36. The molecule has 0 saturated carbocycles. The Labute approximate surface area is 123 Å². The van der Waals surface area contributed by atoms with E-state index >= 15 is 0 Å². The number of nitrogens with two attached hydrogens (primary N) is 2. The third kappa shape index (κ3) is 4.09. The molecule has 1 saturated heterocycles. The zero-order chi connectivity index (χ0) is 15.2. The van der Waals surface area contributed by atoms with Crippen molar-refractivity contribution in [1.82, 2.24) is 4.90 Å². The van der Waals surface area contributed by atoms with Crippen LogP contribution in [0.15, 0.2) is 18.2 Å². The molecule has 0 spiro atoms. The Bertz CT molecular complexity index is 527. The molecule has 2 rings (SSSR count). The maximum Gasteiger partial charge on any atom is 0.248 e. The van der Waals surface area contributed by atoms with Crippen molar-refractivity contribution in [1.29, 1.82) is 0 Å². The van der Waals surface area contributed by atoms with Crippen molar-refractivity contribution in [2.45, 2.75) is 6.42 Å². The van der Waals surface area contributed by atoms with Gasteiger partial charge in [0.25, 0.3) is 0 Å². The van der Waals surface area contributed by atoms with Crippen molar-refractivity contribution in [3.8, 4) is 0 Å². The van der Waals surface area contributed by atoms with Crippen LogP contribution in [0.4, 0.5) is 11.4 Å². The summed E-state index contributed by atoms with van der Waals surface area (Å²) < 4.78 is 5.21. The zero-order valence-electron chi connectivity index (χ0n) is 11.8. The fourth-order valence-corrected chi connectivity index (χ4v) is 2.14. The number of anilines is 2. The summed E-state index contributed by atoms with van der Waals surface area (Å²) in [5.41, 5.74) is 12.6. The smallest absolute Gasteiger partial charge is 0.248 e. The van der Waals surface area contributed by atoms with Crippen LogP contribution < -0.4 is 16.8 Å². The summed E-state index contributed by atoms with van der Waals surface area (Å²) in [6.07, 6.45) is 0.361. The van der Waals surface area contributed by atoms with E-state index in [1.807, 2.05) is 0 Å². The quantitative estimate of drug-likeness (QED) is 0.663. The van der Waals surface area contributed by atoms with Crippen LogP contribution in [0.5, 0.6) is 0 Å². The Morgan fingerprint density at radius 1 is 1.29 bits per heavy atom. The van der Waals surface area contributed by atoms with Crippen LogP contribution in [-0.2, 0) is 9.53 Å². The van der Waals surface area contributed by atoms with E-state index in [4.69, 9.17) is 16.2 Å². The summed E-state index contributed by atoms with van der Waals surface area (Å²) in [4.78, 5) is 24.9. The standard InChI is InChI=1S/C14H20N4O3/c15-11-2-1-10(14(16)20)9-12(11)17-4-3-13(19)18-5-7-21-8-6-18/h1-2,9,17H,3-8,15H2,(H2,16,20). The van der Waals surface area contributed by atoms with Gasteiger partial charge in [0.2, 0.25) is 11.8 Å². The van der Waals surface area contributed by atoms with Crippen molar-refractivity contribution in [3.63, 3.8) is 0 Å². The highest BCUT2D eigenvalue weighted by atomic mass is 16.5. The van der Waals surface area contributed by atoms with Gasteiger partial charge in [-0.15, -0.1) is 0 Å². The lowest BCUT2D eigenvalue weighted by molar-refractivity contribution is -0.134. The lowest BCUT2D eigenvalue weighted by Crippen LogP contribution is -2.41. The highest BCUT2D eigenvalue weighted by molar-refractivity contribution is 5.95. The van der Waals surface area contributed by atoms with Crippen molar-refractivity contribution < 1.29 is 14.3 Å². The molecule has 2 amide bonds. The van der Waals surface area contributed by atoms with Crippen LogP contribution in [0, 0.1) is 0 Å². The number of nitrogen functional groups attached to an aromatic ring is 1. The summed E-state index contributed by atoms with van der Waals surface area (Å²) in [5, 5.41) is 3.07. The second-order valence-corrected chi connectivity index (χ2v) is 4.84. The van der Waals surface area contributed by atoms with Gasteiger partial charge >= 0.3 is 0 Å². The average Bonchev–Trinajstić information content (AvgIpc) is 2.49. The topological polar surface area (TPSA) is 111 Å². The molecule has 1 heterocycles. The van der Waals surface area contributed by atoms with Crippen molar-refractivity contribution >= 4 is 23.2 Å². The number of carbonyl (C=O) groups excluding carboxylic acids is 2. The van der Waals surface area contributed by atoms with E-state index < -0.39 is 5.91 Å². The van der Waals surface area contributed by atoms with Gasteiger partial charge < -0.3 is 26.4 Å². The number of morpholine rings is 1. The second kappa shape index (κ2) is 6.94. The molecule has 1 aliphatic rings. The minimum Gasteiger partial charge on any atom is -0.397 e. The van der Waals surface area contributed by atoms with E-state index in [0.717, 1.165) is 0 Å². The second-order valence-electron chi connectivity index (χ2n) is 4.84. The van der Waals surface area contributed by atoms with E-state index in [9.17, 15) is 9.59 Å². The molecule has 7 nitrogen and oxygen atoms in total. The fraction of sp³-hybridized carbons (Fsp3) is 0.429. The number of nitrogens with zero attached hydrogens (tertiary/aromatic N) is 1. The Morgan fingerprint density at radius 3 is 2.67 bits per heavy atom. The van der Waals surface area contributed by atoms with Gasteiger partial charge in [-0.05, 0) is 18.2 Å². The molecule has 1 aliphatic heterocycles. The number of carbonyl (C=O) groups is 2. The van der Waals surface area contributed by atoms with Gasteiger partial charge in [0.15, 0.2) is 0 Å². The molecular formula is C14H20N4O3. The monoisotopic (exact) mass is 292 g/mol. The molecule has 1 fully saturated rings. The summed E-state index contributed by atoms with van der Waals surface area (Å²) in [6.45, 7) is 2.90. The van der Waals surface area contributed by atoms with E-state index in [1.54, 1.807) is 23.1 Å². The van der Waals surface area contributed by atoms with Crippen molar-refractivity contribution in [2.24, 2.45) is 5.73 Å². The van der Waals surface area contributed by atoms with Gasteiger partial charge in [0, 0.05) is 31.6 Å². The number of benzene rings is 1. The molecule has 1 aromatic carbocycles. The van der Waals surface area contributed by atoms with E-state index in [0.29, 0.717) is 56.2 Å². The number of nitrogens with one attached hydrogen (secondary N) is 1. The molecule has 21 heavy (non-hydrogen) atoms. The maximum atomic E-state index is 12.0. The molecule has 7 heteroatoms. The molecule has 1 aromatic rings. The van der Waals surface area contributed by atoms with Gasteiger partial charge in [-0.25, -0.2) is 0 Å². The Hall–Kier alpha value is -2.28. The molecular weight excluding hydrogens is 272 g/mol. The van der Waals surface area contributed by atoms with Crippen LogP contribution in [0.25, 0.3) is 0 Å². The van der Waals surface area contributed by atoms with Crippen LogP contribution >= 0.6 is 0 Å². The van der Waals surface area contributed by atoms with Crippen molar-refractivity contribution in [2.75, 3.05) is 43.9 Å². The van der Waals surface area contributed by atoms with Crippen molar-refractivity contribution in [3.05, 3.63) is 23.8 Å². The predicted molar refractivity (Wildman–Crippen MR) is 79.9 cm³/mol. The van der Waals surface area contributed by atoms with E-state index in [2.05, 4.69) is 5.32 Å². The highest BCUT2D eigenvalue weighted by Gasteiger charge is 2.16. The lowest BCUT2D eigenvalue weighted by Gasteiger charge is -2.27. The number of rotatable bonds is 5. The minimum atomic E-state index is -0.512. The number of amides is 2. The molecule has 0 aromatic heterocycles. The lowest BCUT2D eigenvalue weighted by atomic mass is 10.1. The summed E-state index contributed by atoms with van der Waals surface area (Å²) in [6, 6.07) is 4.78. The summed E-state index contributed by atoms with van der Waals surface area (Å²) in [5.74, 6) is -0.433. The van der Waals surface area contributed by atoms with E-state index in [1.165, 1.54) is 0 Å². The highest BCUT2D eigenvalue weighted by Crippen LogP contribution is 2.19. The fourth-order valence-electron chi connectivity index (χ4n) is 2.14. The first-order valence-electron chi connectivity index (χ1n) is 6.86. The Morgan fingerprint density at radius 2 is 2.00 bits per heavy atom. The minimum absolute atomic E-state index is 0.0791. The van der Waals surface area contributed by atoms with Crippen LogP contribution in [0.2, 0.25) is 0 Å². The van der Waals surface area contributed by atoms with Crippen LogP contribution in [-0.4, -0.2) is 49.6 Å². The number of primary amides is 1.